The van der Waals surface area contributed by atoms with Gasteiger partial charge in [0.15, 0.2) is 0 Å². The zero-order chi connectivity index (χ0) is 6.57. The average Bonchev–Trinajstić information content (AvgIpc) is 1.65. The maximum Gasteiger partial charge on any atom is 0.00124 e. The Morgan fingerprint density at radius 1 is 1.33 bits per heavy atom. The Hall–Kier alpha value is 1.32. The molecule has 0 nitrogen and oxygen atoms in total. The molecule has 0 heterocycles. The van der Waals surface area contributed by atoms with Crippen LogP contribution in [0, 0.1) is 5.92 Å². The SMILES string of the molecule is CC[C-](C)C[SiH](C)C.[Y]. The summed E-state index contributed by atoms with van der Waals surface area (Å²) in [6, 6.07) is 1.44. The topological polar surface area (TPSA) is 0 Å². The molecule has 0 N–H and O–H groups in total. The first kappa shape index (κ1) is 13.0. The van der Waals surface area contributed by atoms with Crippen LogP contribution < -0.4 is 0 Å². The second-order valence-corrected chi connectivity index (χ2v) is 6.10. The largest absolute Gasteiger partial charge is 0.320 e. The van der Waals surface area contributed by atoms with Gasteiger partial charge in [-0.1, -0.05) is 20.0 Å². The first-order valence-electron chi connectivity index (χ1n) is 3.48. The molecule has 0 aromatic heterocycles. The van der Waals surface area contributed by atoms with E-state index in [0.717, 1.165) is 0 Å². The van der Waals surface area contributed by atoms with E-state index >= 15 is 0 Å². The molecule has 0 unspecified atom stereocenters. The van der Waals surface area contributed by atoms with Crippen LogP contribution in [0.25, 0.3) is 0 Å². The molecule has 0 aliphatic carbocycles. The first-order valence-corrected chi connectivity index (χ1v) is 6.60. The molecule has 0 saturated heterocycles. The summed E-state index contributed by atoms with van der Waals surface area (Å²) in [4.78, 5) is 0. The molecule has 2 heteroatoms. The van der Waals surface area contributed by atoms with E-state index in [4.69, 9.17) is 0 Å². The molecule has 0 atom stereocenters. The molecule has 0 saturated carbocycles. The van der Waals surface area contributed by atoms with Crippen molar-refractivity contribution in [2.24, 2.45) is 0 Å². The molecular weight excluding hydrogens is 201 g/mol. The normalized spacial score (nSPS) is 10.0. The summed E-state index contributed by atoms with van der Waals surface area (Å²) < 4.78 is 0. The number of hydrogen-bond acceptors (Lipinski definition) is 0. The molecule has 0 spiro atoms. The Bertz CT molecular complexity index is 54.9. The van der Waals surface area contributed by atoms with Gasteiger partial charge in [0, 0.05) is 41.5 Å². The molecular formula is C7H17SiY-. The van der Waals surface area contributed by atoms with Gasteiger partial charge in [0.05, 0.1) is 0 Å². The monoisotopic (exact) mass is 218 g/mol. The predicted molar refractivity (Wildman–Crippen MR) is 42.9 cm³/mol. The maximum atomic E-state index is 2.40. The van der Waals surface area contributed by atoms with Crippen molar-refractivity contribution in [1.82, 2.24) is 0 Å². The van der Waals surface area contributed by atoms with Crippen LogP contribution in [0.5, 0.6) is 0 Å². The average molecular weight is 218 g/mol. The molecule has 0 bridgehead atoms. The molecule has 0 fully saturated rings. The molecule has 0 amide bonds. The summed E-state index contributed by atoms with van der Waals surface area (Å²) in [5.74, 6) is 1.69. The van der Waals surface area contributed by atoms with Crippen molar-refractivity contribution in [1.29, 1.82) is 0 Å². The van der Waals surface area contributed by atoms with E-state index in [1.54, 1.807) is 5.92 Å². The summed E-state index contributed by atoms with van der Waals surface area (Å²) in [5, 5.41) is 0. The van der Waals surface area contributed by atoms with Crippen molar-refractivity contribution in [2.75, 3.05) is 0 Å². The van der Waals surface area contributed by atoms with Crippen LogP contribution in [0.1, 0.15) is 20.3 Å². The zero-order valence-electron chi connectivity index (χ0n) is 7.07. The van der Waals surface area contributed by atoms with Gasteiger partial charge in [0.1, 0.15) is 0 Å². The van der Waals surface area contributed by atoms with E-state index in [-0.39, 0.29) is 41.5 Å². The Labute approximate surface area is 86.3 Å². The third-order valence-corrected chi connectivity index (χ3v) is 2.87. The van der Waals surface area contributed by atoms with Crippen LogP contribution in [-0.2, 0) is 32.7 Å². The molecule has 53 valence electrons. The van der Waals surface area contributed by atoms with Crippen molar-refractivity contribution in [3.63, 3.8) is 0 Å². The fourth-order valence-corrected chi connectivity index (χ4v) is 2.52. The predicted octanol–water partition coefficient (Wildman–Crippen LogP) is 2.47. The Kier molecular flexibility index (Phi) is 10.7. The second-order valence-electron chi connectivity index (χ2n) is 2.91. The van der Waals surface area contributed by atoms with Crippen LogP contribution in [0.15, 0.2) is 0 Å². The molecule has 0 aliphatic heterocycles. The van der Waals surface area contributed by atoms with Gasteiger partial charge in [0.25, 0.3) is 0 Å². The molecule has 0 aromatic rings. The Morgan fingerprint density at radius 3 is 1.89 bits per heavy atom. The van der Waals surface area contributed by atoms with Gasteiger partial charge in [-0.2, -0.15) is 19.4 Å². The van der Waals surface area contributed by atoms with Gasteiger partial charge < -0.3 is 5.92 Å². The van der Waals surface area contributed by atoms with Crippen LogP contribution in [0.4, 0.5) is 0 Å². The first-order chi connectivity index (χ1) is 3.66. The van der Waals surface area contributed by atoms with Gasteiger partial charge in [-0.05, 0) is 0 Å². The summed E-state index contributed by atoms with van der Waals surface area (Å²) in [7, 11) is -0.283. The van der Waals surface area contributed by atoms with E-state index in [9.17, 15) is 0 Å². The molecule has 9 heavy (non-hydrogen) atoms. The van der Waals surface area contributed by atoms with E-state index in [2.05, 4.69) is 26.9 Å². The zero-order valence-corrected chi connectivity index (χ0v) is 11.1. The summed E-state index contributed by atoms with van der Waals surface area (Å²) in [6.07, 6.45) is 1.28. The van der Waals surface area contributed by atoms with Crippen molar-refractivity contribution >= 4 is 8.80 Å². The number of hydrogen-bond donors (Lipinski definition) is 0. The summed E-state index contributed by atoms with van der Waals surface area (Å²) in [5.41, 5.74) is 0. The van der Waals surface area contributed by atoms with Crippen LogP contribution >= 0.6 is 0 Å². The fraction of sp³-hybridized carbons (Fsp3) is 0.857. The minimum atomic E-state index is -0.283. The van der Waals surface area contributed by atoms with E-state index in [1.807, 2.05) is 0 Å². The van der Waals surface area contributed by atoms with E-state index in [1.165, 1.54) is 12.5 Å². The van der Waals surface area contributed by atoms with Crippen molar-refractivity contribution in [3.8, 4) is 0 Å². The van der Waals surface area contributed by atoms with Crippen LogP contribution in [-0.4, -0.2) is 8.80 Å². The Morgan fingerprint density at radius 2 is 1.78 bits per heavy atom. The minimum Gasteiger partial charge on any atom is -0.320 e. The second kappa shape index (κ2) is 7.43. The van der Waals surface area contributed by atoms with Gasteiger partial charge in [-0.15, -0.1) is 0 Å². The third kappa shape index (κ3) is 9.32. The van der Waals surface area contributed by atoms with E-state index < -0.39 is 0 Å². The molecule has 0 aliphatic rings. The summed E-state index contributed by atoms with van der Waals surface area (Å²) >= 11 is 0. The van der Waals surface area contributed by atoms with Gasteiger partial charge >= 0.3 is 0 Å². The van der Waals surface area contributed by atoms with E-state index in [0.29, 0.717) is 0 Å². The smallest absolute Gasteiger partial charge is 0.00124 e. The minimum absolute atomic E-state index is 0. The number of rotatable bonds is 3. The van der Waals surface area contributed by atoms with Gasteiger partial charge in [-0.25, -0.2) is 0 Å². The maximum absolute atomic E-state index is 2.40. The summed E-state index contributed by atoms with van der Waals surface area (Å²) in [6.45, 7) is 9.32. The van der Waals surface area contributed by atoms with Crippen molar-refractivity contribution in [3.05, 3.63) is 5.92 Å². The molecule has 0 rings (SSSR count). The third-order valence-electron chi connectivity index (χ3n) is 1.36. The van der Waals surface area contributed by atoms with Gasteiger partial charge in [0.2, 0.25) is 0 Å². The van der Waals surface area contributed by atoms with Crippen molar-refractivity contribution < 1.29 is 32.7 Å². The molecule has 1 radical (unpaired) electrons. The molecule has 0 aromatic carbocycles. The standard InChI is InChI=1S/C7H17Si.Y/c1-5-7(2)6-8(3)4;/h8H,5-6H2,1-4H3;/q-1;. The quantitative estimate of drug-likeness (QED) is 0.504. The van der Waals surface area contributed by atoms with Crippen LogP contribution in [0.3, 0.4) is 0 Å². The van der Waals surface area contributed by atoms with Crippen molar-refractivity contribution in [2.45, 2.75) is 39.4 Å². The Balaban J connectivity index is 0. The van der Waals surface area contributed by atoms with Crippen LogP contribution in [0.2, 0.25) is 19.1 Å². The fourth-order valence-electron chi connectivity index (χ4n) is 0.841. The van der Waals surface area contributed by atoms with Gasteiger partial charge in [-0.3, -0.25) is 0 Å².